The van der Waals surface area contributed by atoms with Crippen molar-refractivity contribution in [2.24, 2.45) is 5.41 Å². The Morgan fingerprint density at radius 3 is 2.57 bits per heavy atom. The van der Waals surface area contributed by atoms with Gasteiger partial charge in [0.15, 0.2) is 5.78 Å². The number of benzene rings is 4. The number of ether oxygens (including phenoxy) is 1. The Bertz CT molecular complexity index is 1590. The van der Waals surface area contributed by atoms with E-state index in [2.05, 4.69) is 55.6 Å². The van der Waals surface area contributed by atoms with Gasteiger partial charge in [0, 0.05) is 38.9 Å². The number of anilines is 1. The monoisotopic (exact) mass is 527 g/mol. The van der Waals surface area contributed by atoms with Gasteiger partial charge in [0.25, 0.3) is 0 Å². The first kappa shape index (κ1) is 24.1. The van der Waals surface area contributed by atoms with Crippen LogP contribution in [0.3, 0.4) is 0 Å². The number of hydrogen-bond donors (Lipinski definition) is 1. The summed E-state index contributed by atoms with van der Waals surface area (Å²) in [6, 6.07) is 25.5. The van der Waals surface area contributed by atoms with Crippen LogP contribution in [0.5, 0.6) is 5.75 Å². The van der Waals surface area contributed by atoms with Crippen LogP contribution >= 0.6 is 23.2 Å². The van der Waals surface area contributed by atoms with E-state index in [4.69, 9.17) is 27.9 Å². The number of hydrogen-bond acceptors (Lipinski definition) is 3. The standard InChI is InChI=1S/C32H27Cl2NO2/c1-32(2)16-25-29-23-9-4-3-7-20(23)10-12-26(29)35-31(30(25)27(36)17-32)24-15-22(34)11-13-28(24)37-18-19-6-5-8-21(33)14-19/h3-15,31,35H,16-18H2,1-2H3/t31-/m1/s1. The first-order valence-corrected chi connectivity index (χ1v) is 13.3. The molecule has 4 aromatic carbocycles. The lowest BCUT2D eigenvalue weighted by Crippen LogP contribution is -2.33. The van der Waals surface area contributed by atoms with Crippen molar-refractivity contribution in [1.29, 1.82) is 0 Å². The van der Waals surface area contributed by atoms with E-state index in [1.807, 2.05) is 42.5 Å². The highest BCUT2D eigenvalue weighted by Crippen LogP contribution is 2.53. The van der Waals surface area contributed by atoms with Gasteiger partial charge in [0.1, 0.15) is 12.4 Å². The Morgan fingerprint density at radius 2 is 1.73 bits per heavy atom. The van der Waals surface area contributed by atoms with Gasteiger partial charge in [-0.25, -0.2) is 0 Å². The Labute approximate surface area is 227 Å². The molecule has 2 aliphatic rings. The molecule has 0 amide bonds. The van der Waals surface area contributed by atoms with Crippen molar-refractivity contribution in [3.05, 3.63) is 111 Å². The van der Waals surface area contributed by atoms with E-state index in [9.17, 15) is 4.79 Å². The van der Waals surface area contributed by atoms with E-state index in [1.165, 1.54) is 0 Å². The fourth-order valence-corrected chi connectivity index (χ4v) is 6.13. The number of fused-ring (bicyclic) bond motifs is 4. The fourth-order valence-electron chi connectivity index (χ4n) is 5.73. The summed E-state index contributed by atoms with van der Waals surface area (Å²) in [4.78, 5) is 13.8. The minimum atomic E-state index is -0.361. The number of ketones is 1. The van der Waals surface area contributed by atoms with Crippen molar-refractivity contribution in [2.75, 3.05) is 5.32 Å². The summed E-state index contributed by atoms with van der Waals surface area (Å²) in [5, 5.41) is 7.29. The quantitative estimate of drug-likeness (QED) is 0.287. The minimum absolute atomic E-state index is 0.119. The molecule has 0 fully saturated rings. The number of rotatable bonds is 4. The third-order valence-corrected chi connectivity index (χ3v) is 7.78. The molecule has 1 aliphatic heterocycles. The van der Waals surface area contributed by atoms with Crippen LogP contribution in [0.15, 0.2) is 84.4 Å². The van der Waals surface area contributed by atoms with Crippen LogP contribution in [0.25, 0.3) is 16.3 Å². The van der Waals surface area contributed by atoms with E-state index in [0.29, 0.717) is 28.8 Å². The predicted octanol–water partition coefficient (Wildman–Crippen LogP) is 9.04. The normalized spacial score (nSPS) is 18.3. The van der Waals surface area contributed by atoms with Crippen molar-refractivity contribution in [1.82, 2.24) is 0 Å². The van der Waals surface area contributed by atoms with Crippen molar-refractivity contribution < 1.29 is 9.53 Å². The van der Waals surface area contributed by atoms with Crippen LogP contribution in [0.1, 0.15) is 49.4 Å². The average molecular weight is 528 g/mol. The number of carbonyl (C=O) groups is 1. The van der Waals surface area contributed by atoms with Gasteiger partial charge < -0.3 is 10.1 Å². The number of allylic oxidation sites excluding steroid dienone is 1. The molecular weight excluding hydrogens is 501 g/mol. The summed E-state index contributed by atoms with van der Waals surface area (Å²) < 4.78 is 6.31. The molecule has 0 saturated heterocycles. The summed E-state index contributed by atoms with van der Waals surface area (Å²) in [5.74, 6) is 0.860. The van der Waals surface area contributed by atoms with Crippen molar-refractivity contribution in [3.63, 3.8) is 0 Å². The third-order valence-electron chi connectivity index (χ3n) is 7.31. The van der Waals surface area contributed by atoms with Gasteiger partial charge in [-0.3, -0.25) is 4.79 Å². The van der Waals surface area contributed by atoms with Crippen molar-refractivity contribution >= 4 is 51.0 Å². The zero-order valence-corrected chi connectivity index (χ0v) is 22.3. The van der Waals surface area contributed by atoms with Gasteiger partial charge in [-0.05, 0) is 70.1 Å². The maximum Gasteiger partial charge on any atom is 0.162 e. The molecule has 37 heavy (non-hydrogen) atoms. The molecule has 6 rings (SSSR count). The first-order chi connectivity index (χ1) is 17.8. The summed E-state index contributed by atoms with van der Waals surface area (Å²) in [6.45, 7) is 4.71. The molecule has 1 heterocycles. The second kappa shape index (κ2) is 9.24. The predicted molar refractivity (Wildman–Crippen MR) is 152 cm³/mol. The first-order valence-electron chi connectivity index (χ1n) is 12.5. The van der Waals surface area contributed by atoms with Gasteiger partial charge in [-0.2, -0.15) is 0 Å². The highest BCUT2D eigenvalue weighted by atomic mass is 35.5. The zero-order valence-electron chi connectivity index (χ0n) is 20.8. The molecule has 3 nitrogen and oxygen atoms in total. The molecule has 0 spiro atoms. The van der Waals surface area contributed by atoms with Crippen LogP contribution in [-0.4, -0.2) is 5.78 Å². The molecule has 4 aromatic rings. The topological polar surface area (TPSA) is 38.3 Å². The zero-order chi connectivity index (χ0) is 25.7. The largest absolute Gasteiger partial charge is 0.489 e. The maximum atomic E-state index is 13.8. The Kier molecular flexibility index (Phi) is 6.01. The highest BCUT2D eigenvalue weighted by Gasteiger charge is 2.41. The lowest BCUT2D eigenvalue weighted by atomic mass is 9.68. The third kappa shape index (κ3) is 4.52. The van der Waals surface area contributed by atoms with Gasteiger partial charge in [0.2, 0.25) is 0 Å². The minimum Gasteiger partial charge on any atom is -0.489 e. The summed E-state index contributed by atoms with van der Waals surface area (Å²) in [7, 11) is 0. The molecule has 186 valence electrons. The van der Waals surface area contributed by atoms with Crippen molar-refractivity contribution in [2.45, 2.75) is 39.3 Å². The van der Waals surface area contributed by atoms with Crippen LogP contribution < -0.4 is 10.1 Å². The molecule has 0 saturated carbocycles. The van der Waals surface area contributed by atoms with E-state index < -0.39 is 0 Å². The molecule has 0 bridgehead atoms. The second-order valence-electron chi connectivity index (χ2n) is 10.7. The Balaban J connectivity index is 1.50. The SMILES string of the molecule is CC1(C)CC(=O)C2=C(C1)c1c(ccc3ccccc13)N[C@@H]2c1cc(Cl)ccc1OCc1cccc(Cl)c1. The molecular formula is C32H27Cl2NO2. The van der Waals surface area contributed by atoms with Gasteiger partial charge in [-0.1, -0.05) is 79.5 Å². The number of Topliss-reactive ketones (excluding diaryl/α,β-unsaturated/α-hetero) is 1. The lowest BCUT2D eigenvalue weighted by Gasteiger charge is -2.40. The second-order valence-corrected chi connectivity index (χ2v) is 11.6. The smallest absolute Gasteiger partial charge is 0.162 e. The summed E-state index contributed by atoms with van der Waals surface area (Å²) >= 11 is 12.7. The molecule has 0 radical (unpaired) electrons. The van der Waals surface area contributed by atoms with E-state index in [0.717, 1.165) is 50.7 Å². The lowest BCUT2D eigenvalue weighted by molar-refractivity contribution is -0.118. The van der Waals surface area contributed by atoms with Crippen LogP contribution in [0.4, 0.5) is 5.69 Å². The fraction of sp³-hybridized carbons (Fsp3) is 0.219. The summed E-state index contributed by atoms with van der Waals surface area (Å²) in [5.41, 5.74) is 5.80. The molecule has 5 heteroatoms. The van der Waals surface area contributed by atoms with Crippen molar-refractivity contribution in [3.8, 4) is 5.75 Å². The van der Waals surface area contributed by atoms with Crippen LogP contribution in [-0.2, 0) is 11.4 Å². The van der Waals surface area contributed by atoms with Gasteiger partial charge >= 0.3 is 0 Å². The number of nitrogens with one attached hydrogen (secondary N) is 1. The molecule has 1 atom stereocenters. The molecule has 0 unspecified atom stereocenters. The van der Waals surface area contributed by atoms with Crippen LogP contribution in [0.2, 0.25) is 10.0 Å². The molecule has 0 aromatic heterocycles. The van der Waals surface area contributed by atoms with Gasteiger partial charge in [0.05, 0.1) is 6.04 Å². The van der Waals surface area contributed by atoms with E-state index in [-0.39, 0.29) is 17.2 Å². The highest BCUT2D eigenvalue weighted by molar-refractivity contribution is 6.31. The molecule has 1 N–H and O–H groups in total. The Hall–Kier alpha value is -3.27. The van der Waals surface area contributed by atoms with E-state index >= 15 is 0 Å². The summed E-state index contributed by atoms with van der Waals surface area (Å²) in [6.07, 6.45) is 1.33. The van der Waals surface area contributed by atoms with Crippen LogP contribution in [0, 0.1) is 5.41 Å². The van der Waals surface area contributed by atoms with Gasteiger partial charge in [-0.15, -0.1) is 0 Å². The number of halogens is 2. The average Bonchev–Trinajstić information content (AvgIpc) is 2.86. The maximum absolute atomic E-state index is 13.8. The Morgan fingerprint density at radius 1 is 0.919 bits per heavy atom. The molecule has 1 aliphatic carbocycles. The van der Waals surface area contributed by atoms with E-state index in [1.54, 1.807) is 0 Å². The number of carbonyl (C=O) groups excluding carboxylic acids is 1.